The zero-order valence-corrected chi connectivity index (χ0v) is 19.2. The third-order valence-corrected chi connectivity index (χ3v) is 6.41. The number of para-hydroxylation sites is 1. The van der Waals surface area contributed by atoms with Crippen molar-refractivity contribution in [3.63, 3.8) is 0 Å². The predicted molar refractivity (Wildman–Crippen MR) is 124 cm³/mol. The summed E-state index contributed by atoms with van der Waals surface area (Å²) in [6, 6.07) is 6.74. The summed E-state index contributed by atoms with van der Waals surface area (Å²) in [5, 5.41) is 5.25. The SMILES string of the molecule is CN(CC(=O)Nc1ccccc1C(F)(F)F)C(=O)CN1CCN(c2ncnc3sccc23)CC1. The smallest absolute Gasteiger partial charge is 0.353 e. The van der Waals surface area contributed by atoms with Gasteiger partial charge in [0.1, 0.15) is 17.0 Å². The summed E-state index contributed by atoms with van der Waals surface area (Å²) in [6.45, 7) is 2.43. The Kier molecular flexibility index (Phi) is 6.98. The first-order chi connectivity index (χ1) is 16.2. The first-order valence-corrected chi connectivity index (χ1v) is 11.5. The van der Waals surface area contributed by atoms with Crippen molar-refractivity contribution in [2.24, 2.45) is 0 Å². The maximum Gasteiger partial charge on any atom is 0.418 e. The van der Waals surface area contributed by atoms with Crippen molar-refractivity contribution < 1.29 is 22.8 Å². The molecule has 3 aromatic rings. The maximum atomic E-state index is 13.1. The van der Waals surface area contributed by atoms with Gasteiger partial charge in [-0.1, -0.05) is 12.1 Å². The average molecular weight is 493 g/mol. The molecule has 4 rings (SSSR count). The van der Waals surface area contributed by atoms with Gasteiger partial charge >= 0.3 is 6.18 Å². The second kappa shape index (κ2) is 9.94. The molecular formula is C22H23F3N6O2S. The molecule has 3 heterocycles. The number of fused-ring (bicyclic) bond motifs is 1. The van der Waals surface area contributed by atoms with Gasteiger partial charge in [0.25, 0.3) is 0 Å². The number of benzene rings is 1. The van der Waals surface area contributed by atoms with Crippen molar-refractivity contribution in [1.29, 1.82) is 0 Å². The van der Waals surface area contributed by atoms with Crippen LogP contribution in [0.5, 0.6) is 0 Å². The molecule has 12 heteroatoms. The van der Waals surface area contributed by atoms with Gasteiger partial charge in [-0.2, -0.15) is 13.2 Å². The Labute approximate surface area is 198 Å². The summed E-state index contributed by atoms with van der Waals surface area (Å²) >= 11 is 1.56. The lowest BCUT2D eigenvalue weighted by Gasteiger charge is -2.35. The van der Waals surface area contributed by atoms with Crippen LogP contribution in [0.4, 0.5) is 24.7 Å². The van der Waals surface area contributed by atoms with Gasteiger partial charge in [-0.25, -0.2) is 9.97 Å². The summed E-state index contributed by atoms with van der Waals surface area (Å²) in [4.78, 5) is 39.9. The average Bonchev–Trinajstić information content (AvgIpc) is 3.28. The molecule has 8 nitrogen and oxygen atoms in total. The Bertz CT molecular complexity index is 1180. The fraction of sp³-hybridized carbons (Fsp3) is 0.364. The number of carbonyl (C=O) groups excluding carboxylic acids is 2. The van der Waals surface area contributed by atoms with Gasteiger partial charge < -0.3 is 15.1 Å². The molecular weight excluding hydrogens is 469 g/mol. The number of hydrogen-bond donors (Lipinski definition) is 1. The number of rotatable bonds is 6. The highest BCUT2D eigenvalue weighted by molar-refractivity contribution is 7.16. The molecule has 0 spiro atoms. The van der Waals surface area contributed by atoms with E-state index in [1.165, 1.54) is 30.1 Å². The molecule has 1 fully saturated rings. The molecule has 0 aliphatic carbocycles. The lowest BCUT2D eigenvalue weighted by Crippen LogP contribution is -2.50. The molecule has 2 amide bonds. The highest BCUT2D eigenvalue weighted by atomic mass is 32.1. The van der Waals surface area contributed by atoms with Gasteiger partial charge in [-0.15, -0.1) is 11.3 Å². The Balaban J connectivity index is 1.28. The van der Waals surface area contributed by atoms with Crippen LogP contribution >= 0.6 is 11.3 Å². The molecule has 0 bridgehead atoms. The van der Waals surface area contributed by atoms with Crippen LogP contribution in [0.2, 0.25) is 0 Å². The van der Waals surface area contributed by atoms with E-state index in [-0.39, 0.29) is 24.7 Å². The van der Waals surface area contributed by atoms with Crippen LogP contribution in [0, 0.1) is 0 Å². The van der Waals surface area contributed by atoms with Crippen molar-refractivity contribution in [3.8, 4) is 0 Å². The summed E-state index contributed by atoms with van der Waals surface area (Å²) in [6.07, 6.45) is -3.04. The van der Waals surface area contributed by atoms with Gasteiger partial charge in [-0.3, -0.25) is 14.5 Å². The molecule has 180 valence electrons. The van der Waals surface area contributed by atoms with Crippen LogP contribution in [0.25, 0.3) is 10.2 Å². The van der Waals surface area contributed by atoms with E-state index < -0.39 is 17.6 Å². The fourth-order valence-electron chi connectivity index (χ4n) is 3.79. The van der Waals surface area contributed by atoms with Crippen LogP contribution < -0.4 is 10.2 Å². The molecule has 0 saturated carbocycles. The van der Waals surface area contributed by atoms with E-state index in [4.69, 9.17) is 0 Å². The van der Waals surface area contributed by atoms with Gasteiger partial charge in [0.2, 0.25) is 11.8 Å². The molecule has 0 atom stereocenters. The van der Waals surface area contributed by atoms with E-state index in [0.717, 1.165) is 22.1 Å². The van der Waals surface area contributed by atoms with Crippen LogP contribution in [0.1, 0.15) is 5.56 Å². The first kappa shape index (κ1) is 23.9. The lowest BCUT2D eigenvalue weighted by atomic mass is 10.1. The second-order valence-electron chi connectivity index (χ2n) is 7.94. The fourth-order valence-corrected chi connectivity index (χ4v) is 4.52. The van der Waals surface area contributed by atoms with E-state index in [9.17, 15) is 22.8 Å². The Morgan fingerprint density at radius 2 is 1.85 bits per heavy atom. The number of hydrogen-bond acceptors (Lipinski definition) is 7. The second-order valence-corrected chi connectivity index (χ2v) is 8.84. The largest absolute Gasteiger partial charge is 0.418 e. The number of piperazine rings is 1. The van der Waals surface area contributed by atoms with Crippen molar-refractivity contribution >= 4 is 44.9 Å². The van der Waals surface area contributed by atoms with Gasteiger partial charge in [0.15, 0.2) is 0 Å². The Morgan fingerprint density at radius 3 is 2.59 bits per heavy atom. The minimum absolute atomic E-state index is 0.119. The van der Waals surface area contributed by atoms with Crippen molar-refractivity contribution in [1.82, 2.24) is 19.8 Å². The minimum Gasteiger partial charge on any atom is -0.353 e. The van der Waals surface area contributed by atoms with Gasteiger partial charge in [0, 0.05) is 33.2 Å². The number of nitrogens with zero attached hydrogens (tertiary/aromatic N) is 5. The Hall–Kier alpha value is -3.25. The molecule has 1 N–H and O–H groups in total. The third-order valence-electron chi connectivity index (χ3n) is 5.58. The molecule has 34 heavy (non-hydrogen) atoms. The van der Waals surface area contributed by atoms with Crippen molar-refractivity contribution in [2.45, 2.75) is 6.18 Å². The number of carbonyl (C=O) groups is 2. The molecule has 2 aromatic heterocycles. The van der Waals surface area contributed by atoms with E-state index >= 15 is 0 Å². The zero-order valence-electron chi connectivity index (χ0n) is 18.4. The summed E-state index contributed by atoms with van der Waals surface area (Å²) in [7, 11) is 1.46. The van der Waals surface area contributed by atoms with E-state index in [2.05, 4.69) is 20.2 Å². The summed E-state index contributed by atoms with van der Waals surface area (Å²) in [5.74, 6) is -0.0963. The zero-order chi connectivity index (χ0) is 24.3. The van der Waals surface area contributed by atoms with Crippen LogP contribution in [-0.2, 0) is 15.8 Å². The molecule has 0 radical (unpaired) electrons. The lowest BCUT2D eigenvalue weighted by molar-refractivity contribution is -0.137. The summed E-state index contributed by atoms with van der Waals surface area (Å²) in [5.41, 5.74) is -1.26. The van der Waals surface area contributed by atoms with Crippen molar-refractivity contribution in [2.75, 3.05) is 56.5 Å². The molecule has 1 aliphatic rings. The molecule has 1 aromatic carbocycles. The highest BCUT2D eigenvalue weighted by Gasteiger charge is 2.33. The normalized spacial score (nSPS) is 14.9. The molecule has 0 unspecified atom stereocenters. The minimum atomic E-state index is -4.59. The molecule has 1 saturated heterocycles. The topological polar surface area (TPSA) is 81.7 Å². The molecule has 1 aliphatic heterocycles. The number of likely N-dealkylation sites (N-methyl/N-ethyl adjacent to an activating group) is 1. The van der Waals surface area contributed by atoms with Crippen LogP contribution in [0.3, 0.4) is 0 Å². The number of thiophene rings is 1. The highest BCUT2D eigenvalue weighted by Crippen LogP contribution is 2.34. The van der Waals surface area contributed by atoms with Gasteiger partial charge in [0.05, 0.1) is 29.7 Å². The van der Waals surface area contributed by atoms with Crippen LogP contribution in [-0.4, -0.2) is 77.9 Å². The van der Waals surface area contributed by atoms with E-state index in [1.54, 1.807) is 17.7 Å². The summed E-state index contributed by atoms with van der Waals surface area (Å²) < 4.78 is 39.3. The Morgan fingerprint density at radius 1 is 1.12 bits per heavy atom. The van der Waals surface area contributed by atoms with Crippen LogP contribution in [0.15, 0.2) is 42.0 Å². The first-order valence-electron chi connectivity index (χ1n) is 10.6. The monoisotopic (exact) mass is 492 g/mol. The number of nitrogens with one attached hydrogen (secondary N) is 1. The third kappa shape index (κ3) is 5.45. The standard InChI is InChI=1S/C22H23F3N6O2S/c1-29(12-18(32)28-17-5-3-2-4-16(17)22(23,24)25)19(33)13-30-7-9-31(10-8-30)20-15-6-11-34-21(15)27-14-26-20/h2-6,11,14H,7-10,12-13H2,1H3,(H,28,32). The number of aromatic nitrogens is 2. The van der Waals surface area contributed by atoms with E-state index in [1.807, 2.05) is 16.3 Å². The van der Waals surface area contributed by atoms with Gasteiger partial charge in [-0.05, 0) is 23.6 Å². The number of alkyl halides is 3. The predicted octanol–water partition coefficient (Wildman–Crippen LogP) is 2.93. The maximum absolute atomic E-state index is 13.1. The van der Waals surface area contributed by atoms with E-state index in [0.29, 0.717) is 26.2 Å². The quantitative estimate of drug-likeness (QED) is 0.570. The number of amides is 2. The number of halogens is 3. The van der Waals surface area contributed by atoms with Crippen molar-refractivity contribution in [3.05, 3.63) is 47.6 Å². The number of anilines is 2.